The summed E-state index contributed by atoms with van der Waals surface area (Å²) in [5.41, 5.74) is 1.28. The lowest BCUT2D eigenvalue weighted by molar-refractivity contribution is -0.139. The molecule has 0 aromatic heterocycles. The Morgan fingerprint density at radius 1 is 1.33 bits per heavy atom. The van der Waals surface area contributed by atoms with Gasteiger partial charge in [0.2, 0.25) is 0 Å². The zero-order valence-corrected chi connectivity index (χ0v) is 12.3. The smallest absolute Gasteiger partial charge is 0.317 e. The molecule has 0 spiro atoms. The SMILES string of the molecule is CC(CCNC(=O)N1CC(CC(=O)O)C1)c1ccccc1. The van der Waals surface area contributed by atoms with Crippen molar-refractivity contribution in [3.63, 3.8) is 0 Å². The lowest BCUT2D eigenvalue weighted by atomic mass is 9.97. The van der Waals surface area contributed by atoms with E-state index in [0.717, 1.165) is 6.42 Å². The molecule has 2 amide bonds. The van der Waals surface area contributed by atoms with Gasteiger partial charge in [-0.05, 0) is 17.9 Å². The highest BCUT2D eigenvalue weighted by Crippen LogP contribution is 2.20. The molecule has 0 radical (unpaired) electrons. The molecule has 0 aliphatic carbocycles. The summed E-state index contributed by atoms with van der Waals surface area (Å²) in [6.45, 7) is 3.88. The first-order chi connectivity index (χ1) is 10.1. The van der Waals surface area contributed by atoms with Crippen molar-refractivity contribution in [2.75, 3.05) is 19.6 Å². The first-order valence-electron chi connectivity index (χ1n) is 7.35. The third kappa shape index (κ3) is 4.48. The van der Waals surface area contributed by atoms with Gasteiger partial charge in [-0.25, -0.2) is 4.79 Å². The van der Waals surface area contributed by atoms with E-state index in [2.05, 4.69) is 24.4 Å². The predicted molar refractivity (Wildman–Crippen MR) is 80.2 cm³/mol. The Morgan fingerprint density at radius 3 is 2.62 bits per heavy atom. The standard InChI is InChI=1S/C16H22N2O3/c1-12(14-5-3-2-4-6-14)7-8-17-16(21)18-10-13(11-18)9-15(19)20/h2-6,12-13H,7-11H2,1H3,(H,17,21)(H,19,20). The zero-order chi connectivity index (χ0) is 15.2. The minimum absolute atomic E-state index is 0.0862. The van der Waals surface area contributed by atoms with Crippen LogP contribution in [0.15, 0.2) is 30.3 Å². The van der Waals surface area contributed by atoms with Gasteiger partial charge >= 0.3 is 12.0 Å². The number of hydrogen-bond donors (Lipinski definition) is 2. The average molecular weight is 290 g/mol. The molecule has 2 N–H and O–H groups in total. The van der Waals surface area contributed by atoms with Gasteiger partial charge in [0.25, 0.3) is 0 Å². The van der Waals surface area contributed by atoms with Gasteiger partial charge in [0, 0.05) is 25.6 Å². The number of hydrogen-bond acceptors (Lipinski definition) is 2. The lowest BCUT2D eigenvalue weighted by Crippen LogP contribution is -2.54. The van der Waals surface area contributed by atoms with Crippen LogP contribution in [-0.2, 0) is 4.79 Å². The molecular formula is C16H22N2O3. The average Bonchev–Trinajstić information content (AvgIpc) is 2.42. The van der Waals surface area contributed by atoms with E-state index in [9.17, 15) is 9.59 Å². The second kappa shape index (κ2) is 7.11. The van der Waals surface area contributed by atoms with E-state index in [1.165, 1.54) is 5.56 Å². The maximum atomic E-state index is 11.8. The predicted octanol–water partition coefficient (Wildman–Crippen LogP) is 2.30. The minimum Gasteiger partial charge on any atom is -0.481 e. The molecule has 1 saturated heterocycles. The number of carbonyl (C=O) groups is 2. The Balaban J connectivity index is 1.63. The topological polar surface area (TPSA) is 69.6 Å². The Kier molecular flexibility index (Phi) is 5.20. The molecule has 0 bridgehead atoms. The van der Waals surface area contributed by atoms with Gasteiger partial charge in [0.15, 0.2) is 0 Å². The minimum atomic E-state index is -0.795. The third-order valence-electron chi connectivity index (χ3n) is 3.93. The van der Waals surface area contributed by atoms with Crippen molar-refractivity contribution < 1.29 is 14.7 Å². The zero-order valence-electron chi connectivity index (χ0n) is 12.3. The van der Waals surface area contributed by atoms with Crippen LogP contribution in [-0.4, -0.2) is 41.6 Å². The van der Waals surface area contributed by atoms with E-state index in [1.807, 2.05) is 18.2 Å². The van der Waals surface area contributed by atoms with Gasteiger partial charge in [-0.3, -0.25) is 4.79 Å². The molecule has 1 aliphatic heterocycles. The number of nitrogens with one attached hydrogen (secondary N) is 1. The lowest BCUT2D eigenvalue weighted by Gasteiger charge is -2.38. The summed E-state index contributed by atoms with van der Waals surface area (Å²) in [5.74, 6) is -0.282. The number of urea groups is 1. The normalized spacial score (nSPS) is 16.1. The van der Waals surface area contributed by atoms with Gasteiger partial charge in [-0.15, -0.1) is 0 Å². The van der Waals surface area contributed by atoms with Crippen LogP contribution < -0.4 is 5.32 Å². The van der Waals surface area contributed by atoms with Crippen LogP contribution in [0.3, 0.4) is 0 Å². The van der Waals surface area contributed by atoms with Gasteiger partial charge in [-0.1, -0.05) is 37.3 Å². The number of nitrogens with zero attached hydrogens (tertiary/aromatic N) is 1. The third-order valence-corrected chi connectivity index (χ3v) is 3.93. The van der Waals surface area contributed by atoms with E-state index in [-0.39, 0.29) is 18.4 Å². The monoisotopic (exact) mass is 290 g/mol. The van der Waals surface area contributed by atoms with Crippen LogP contribution in [0.2, 0.25) is 0 Å². The Bertz CT molecular complexity index is 484. The molecular weight excluding hydrogens is 268 g/mol. The summed E-state index contributed by atoms with van der Waals surface area (Å²) < 4.78 is 0. The van der Waals surface area contributed by atoms with Gasteiger partial charge in [-0.2, -0.15) is 0 Å². The van der Waals surface area contributed by atoms with Crippen molar-refractivity contribution in [3.8, 4) is 0 Å². The van der Waals surface area contributed by atoms with Crippen molar-refractivity contribution in [2.45, 2.75) is 25.7 Å². The molecule has 1 unspecified atom stereocenters. The molecule has 5 nitrogen and oxygen atoms in total. The summed E-state index contributed by atoms with van der Waals surface area (Å²) in [7, 11) is 0. The fraction of sp³-hybridized carbons (Fsp3) is 0.500. The van der Waals surface area contributed by atoms with Crippen molar-refractivity contribution >= 4 is 12.0 Å². The second-order valence-corrected chi connectivity index (χ2v) is 5.70. The summed E-state index contributed by atoms with van der Waals surface area (Å²) >= 11 is 0. The fourth-order valence-corrected chi connectivity index (χ4v) is 2.57. The summed E-state index contributed by atoms with van der Waals surface area (Å²) in [6.07, 6.45) is 1.04. The molecule has 1 aromatic rings. The number of carboxylic acids is 1. The van der Waals surface area contributed by atoms with E-state index in [0.29, 0.717) is 25.6 Å². The van der Waals surface area contributed by atoms with Gasteiger partial charge in [0.1, 0.15) is 0 Å². The molecule has 21 heavy (non-hydrogen) atoms. The maximum Gasteiger partial charge on any atom is 0.317 e. The van der Waals surface area contributed by atoms with Gasteiger partial charge < -0.3 is 15.3 Å². The van der Waals surface area contributed by atoms with E-state index >= 15 is 0 Å². The molecule has 1 aliphatic rings. The van der Waals surface area contributed by atoms with E-state index in [4.69, 9.17) is 5.11 Å². The van der Waals surface area contributed by atoms with Crippen LogP contribution in [0, 0.1) is 5.92 Å². The first kappa shape index (κ1) is 15.4. The molecule has 1 heterocycles. The number of carboxylic acid groups (broad SMARTS) is 1. The van der Waals surface area contributed by atoms with Crippen LogP contribution >= 0.6 is 0 Å². The first-order valence-corrected chi connectivity index (χ1v) is 7.35. The molecule has 1 fully saturated rings. The highest BCUT2D eigenvalue weighted by Gasteiger charge is 2.31. The van der Waals surface area contributed by atoms with Crippen LogP contribution in [0.5, 0.6) is 0 Å². The number of benzene rings is 1. The van der Waals surface area contributed by atoms with Crippen molar-refractivity contribution in [1.29, 1.82) is 0 Å². The molecule has 2 rings (SSSR count). The van der Waals surface area contributed by atoms with E-state index < -0.39 is 5.97 Å². The highest BCUT2D eigenvalue weighted by atomic mass is 16.4. The number of rotatable bonds is 6. The van der Waals surface area contributed by atoms with Crippen molar-refractivity contribution in [2.24, 2.45) is 5.92 Å². The Morgan fingerprint density at radius 2 is 2.00 bits per heavy atom. The fourth-order valence-electron chi connectivity index (χ4n) is 2.57. The number of amides is 2. The van der Waals surface area contributed by atoms with Crippen molar-refractivity contribution in [3.05, 3.63) is 35.9 Å². The van der Waals surface area contributed by atoms with Crippen LogP contribution in [0.4, 0.5) is 4.79 Å². The number of likely N-dealkylation sites (tertiary alicyclic amines) is 1. The summed E-state index contributed by atoms with van der Waals surface area (Å²) in [5, 5.41) is 11.6. The highest BCUT2D eigenvalue weighted by molar-refractivity contribution is 5.75. The van der Waals surface area contributed by atoms with Crippen molar-refractivity contribution in [1.82, 2.24) is 10.2 Å². The Labute approximate surface area is 125 Å². The second-order valence-electron chi connectivity index (χ2n) is 5.70. The number of aliphatic carboxylic acids is 1. The largest absolute Gasteiger partial charge is 0.481 e. The molecule has 114 valence electrons. The molecule has 1 aromatic carbocycles. The van der Waals surface area contributed by atoms with E-state index in [1.54, 1.807) is 4.90 Å². The van der Waals surface area contributed by atoms with Crippen LogP contribution in [0.25, 0.3) is 0 Å². The van der Waals surface area contributed by atoms with Crippen LogP contribution in [0.1, 0.15) is 31.2 Å². The van der Waals surface area contributed by atoms with Gasteiger partial charge in [0.05, 0.1) is 6.42 Å². The maximum absolute atomic E-state index is 11.8. The number of carbonyl (C=O) groups excluding carboxylic acids is 1. The summed E-state index contributed by atoms with van der Waals surface area (Å²) in [4.78, 5) is 24.1. The molecule has 5 heteroatoms. The quantitative estimate of drug-likeness (QED) is 0.844. The Hall–Kier alpha value is -2.04. The summed E-state index contributed by atoms with van der Waals surface area (Å²) in [6, 6.07) is 10.1. The molecule has 0 saturated carbocycles. The molecule has 1 atom stereocenters.